The Morgan fingerprint density at radius 1 is 0.564 bits per heavy atom. The van der Waals surface area contributed by atoms with Crippen molar-refractivity contribution >= 4 is 11.9 Å². The van der Waals surface area contributed by atoms with Crippen molar-refractivity contribution < 1.29 is 52.2 Å². The first-order valence-corrected chi connectivity index (χ1v) is 13.3. The Morgan fingerprint density at radius 2 is 1.00 bits per heavy atom. The predicted molar refractivity (Wildman–Crippen MR) is 143 cm³/mol. The standard InChI is InChI=1S/C25H51N3O11/c1-31-8-4-26-6-10-34-12-14-36-19-23(20-37-15-13-35-11-7-27-5-9-32-2)21-38-16-17-39-22-24(29)28-18-25(30)33-3/h23,26-27H,4-22H2,1-3H3,(H,28,29). The minimum absolute atomic E-state index is 0.0137. The van der Waals surface area contributed by atoms with Crippen LogP contribution in [0.3, 0.4) is 0 Å². The lowest BCUT2D eigenvalue weighted by molar-refractivity contribution is -0.141. The molecule has 0 aromatic rings. The molecule has 0 aromatic heterocycles. The van der Waals surface area contributed by atoms with Gasteiger partial charge in [-0.3, -0.25) is 9.59 Å². The molecule has 0 aliphatic rings. The molecular formula is C25H51N3O11. The summed E-state index contributed by atoms with van der Waals surface area (Å²) in [7, 11) is 4.59. The molecule has 0 bridgehead atoms. The van der Waals surface area contributed by atoms with Crippen molar-refractivity contribution in [3.8, 4) is 0 Å². The molecule has 232 valence electrons. The van der Waals surface area contributed by atoms with E-state index in [4.69, 9.17) is 37.9 Å². The molecule has 0 aromatic carbocycles. The minimum Gasteiger partial charge on any atom is -0.468 e. The van der Waals surface area contributed by atoms with Crippen molar-refractivity contribution in [2.45, 2.75) is 0 Å². The molecule has 0 saturated heterocycles. The zero-order valence-electron chi connectivity index (χ0n) is 24.0. The largest absolute Gasteiger partial charge is 0.468 e. The molecule has 0 aliphatic heterocycles. The normalized spacial score (nSPS) is 11.3. The Labute approximate surface area is 232 Å². The number of ether oxygens (including phenoxy) is 9. The van der Waals surface area contributed by atoms with Crippen LogP contribution in [0.5, 0.6) is 0 Å². The summed E-state index contributed by atoms with van der Waals surface area (Å²) >= 11 is 0. The zero-order chi connectivity index (χ0) is 28.7. The van der Waals surface area contributed by atoms with Gasteiger partial charge in [-0.25, -0.2) is 0 Å². The van der Waals surface area contributed by atoms with Gasteiger partial charge in [-0.05, 0) is 0 Å². The van der Waals surface area contributed by atoms with Gasteiger partial charge in [-0.2, -0.15) is 0 Å². The van der Waals surface area contributed by atoms with Crippen LogP contribution in [0.2, 0.25) is 0 Å². The number of esters is 1. The summed E-state index contributed by atoms with van der Waals surface area (Å²) in [5.74, 6) is -0.911. The van der Waals surface area contributed by atoms with Gasteiger partial charge < -0.3 is 58.6 Å². The summed E-state index contributed by atoms with van der Waals surface area (Å²) in [4.78, 5) is 22.6. The van der Waals surface area contributed by atoms with Crippen LogP contribution in [0.25, 0.3) is 0 Å². The second kappa shape index (κ2) is 31.1. The molecule has 3 N–H and O–H groups in total. The third-order valence-electron chi connectivity index (χ3n) is 4.88. The molecule has 39 heavy (non-hydrogen) atoms. The van der Waals surface area contributed by atoms with E-state index < -0.39 is 11.9 Å². The van der Waals surface area contributed by atoms with Crippen LogP contribution in [0.4, 0.5) is 0 Å². The number of carbonyl (C=O) groups is 2. The summed E-state index contributed by atoms with van der Waals surface area (Å²) < 4.78 is 48.0. The second-order valence-electron chi connectivity index (χ2n) is 8.21. The van der Waals surface area contributed by atoms with E-state index in [1.807, 2.05) is 0 Å². The summed E-state index contributed by atoms with van der Waals surface area (Å²) in [6.45, 7) is 9.09. The van der Waals surface area contributed by atoms with Crippen molar-refractivity contribution in [1.29, 1.82) is 0 Å². The van der Waals surface area contributed by atoms with E-state index in [1.54, 1.807) is 14.2 Å². The van der Waals surface area contributed by atoms with Gasteiger partial charge in [0.2, 0.25) is 5.91 Å². The minimum atomic E-state index is -0.523. The molecular weight excluding hydrogens is 518 g/mol. The number of hydrogen-bond donors (Lipinski definition) is 3. The molecule has 0 heterocycles. The van der Waals surface area contributed by atoms with Gasteiger partial charge in [0.15, 0.2) is 0 Å². The maximum Gasteiger partial charge on any atom is 0.325 e. The van der Waals surface area contributed by atoms with E-state index in [0.717, 1.165) is 26.2 Å². The highest BCUT2D eigenvalue weighted by Crippen LogP contribution is 2.01. The van der Waals surface area contributed by atoms with Crippen LogP contribution in [-0.2, 0) is 52.2 Å². The molecule has 14 heteroatoms. The van der Waals surface area contributed by atoms with Gasteiger partial charge in [-0.15, -0.1) is 0 Å². The van der Waals surface area contributed by atoms with E-state index in [9.17, 15) is 9.59 Å². The Balaban J connectivity index is 4.01. The zero-order valence-corrected chi connectivity index (χ0v) is 24.0. The molecule has 1 amide bonds. The number of amides is 1. The smallest absolute Gasteiger partial charge is 0.325 e. The fourth-order valence-corrected chi connectivity index (χ4v) is 2.80. The lowest BCUT2D eigenvalue weighted by Crippen LogP contribution is -2.33. The first-order valence-electron chi connectivity index (χ1n) is 13.3. The average molecular weight is 570 g/mol. The fraction of sp³-hybridized carbons (Fsp3) is 0.920. The monoisotopic (exact) mass is 569 g/mol. The first-order chi connectivity index (χ1) is 19.1. The highest BCUT2D eigenvalue weighted by Gasteiger charge is 2.11. The number of rotatable bonds is 31. The van der Waals surface area contributed by atoms with Crippen LogP contribution < -0.4 is 16.0 Å². The van der Waals surface area contributed by atoms with Crippen molar-refractivity contribution in [3.05, 3.63) is 0 Å². The van der Waals surface area contributed by atoms with Crippen molar-refractivity contribution in [2.75, 3.05) is 147 Å². The fourth-order valence-electron chi connectivity index (χ4n) is 2.80. The maximum absolute atomic E-state index is 11.6. The van der Waals surface area contributed by atoms with Gasteiger partial charge in [0.1, 0.15) is 13.2 Å². The summed E-state index contributed by atoms with van der Waals surface area (Å²) in [6, 6.07) is 0. The number of hydrogen-bond acceptors (Lipinski definition) is 13. The number of nitrogens with one attached hydrogen (secondary N) is 3. The van der Waals surface area contributed by atoms with Crippen LogP contribution in [0.15, 0.2) is 0 Å². The van der Waals surface area contributed by atoms with E-state index in [0.29, 0.717) is 79.3 Å². The van der Waals surface area contributed by atoms with Crippen LogP contribution >= 0.6 is 0 Å². The van der Waals surface area contributed by atoms with Gasteiger partial charge in [0, 0.05) is 46.3 Å². The third-order valence-corrected chi connectivity index (χ3v) is 4.88. The quantitative estimate of drug-likeness (QED) is 0.0654. The lowest BCUT2D eigenvalue weighted by Gasteiger charge is -2.18. The maximum atomic E-state index is 11.6. The lowest BCUT2D eigenvalue weighted by atomic mass is 10.2. The molecule has 0 unspecified atom stereocenters. The highest BCUT2D eigenvalue weighted by atomic mass is 16.5. The SMILES string of the molecule is COCCNCCOCCOCC(COCCOCCNCCOC)COCCOCC(=O)NCC(=O)OC. The number of carbonyl (C=O) groups excluding carboxylic acids is 2. The Morgan fingerprint density at radius 3 is 1.46 bits per heavy atom. The van der Waals surface area contributed by atoms with Gasteiger partial charge >= 0.3 is 5.97 Å². The van der Waals surface area contributed by atoms with Crippen LogP contribution in [-0.4, -0.2) is 158 Å². The van der Waals surface area contributed by atoms with E-state index in [2.05, 4.69) is 20.7 Å². The molecule has 0 radical (unpaired) electrons. The molecule has 0 spiro atoms. The third kappa shape index (κ3) is 29.3. The topological polar surface area (TPSA) is 153 Å². The summed E-state index contributed by atoms with van der Waals surface area (Å²) in [6.07, 6.45) is 0. The molecule has 0 aliphatic carbocycles. The molecule has 14 nitrogen and oxygen atoms in total. The molecule has 0 saturated carbocycles. The van der Waals surface area contributed by atoms with Crippen molar-refractivity contribution in [2.24, 2.45) is 5.92 Å². The van der Waals surface area contributed by atoms with Crippen LogP contribution in [0.1, 0.15) is 0 Å². The van der Waals surface area contributed by atoms with Gasteiger partial charge in [0.05, 0.1) is 93.0 Å². The Bertz CT molecular complexity index is 523. The van der Waals surface area contributed by atoms with Gasteiger partial charge in [-0.1, -0.05) is 0 Å². The van der Waals surface area contributed by atoms with E-state index in [-0.39, 0.29) is 25.7 Å². The predicted octanol–water partition coefficient (Wildman–Crippen LogP) is -1.54. The Hall–Kier alpha value is -1.46. The average Bonchev–Trinajstić information content (AvgIpc) is 2.94. The van der Waals surface area contributed by atoms with E-state index in [1.165, 1.54) is 7.11 Å². The molecule has 0 rings (SSSR count). The second-order valence-corrected chi connectivity index (χ2v) is 8.21. The first kappa shape index (κ1) is 37.5. The van der Waals surface area contributed by atoms with E-state index >= 15 is 0 Å². The summed E-state index contributed by atoms with van der Waals surface area (Å²) in [5.41, 5.74) is 0. The highest BCUT2D eigenvalue weighted by molar-refractivity contribution is 5.82. The van der Waals surface area contributed by atoms with Crippen molar-refractivity contribution in [3.63, 3.8) is 0 Å². The number of methoxy groups -OCH3 is 3. The molecule has 0 atom stereocenters. The Kier molecular flexibility index (Phi) is 29.9. The van der Waals surface area contributed by atoms with Gasteiger partial charge in [0.25, 0.3) is 0 Å². The molecule has 0 fully saturated rings. The van der Waals surface area contributed by atoms with Crippen molar-refractivity contribution in [1.82, 2.24) is 16.0 Å². The summed E-state index contributed by atoms with van der Waals surface area (Å²) in [5, 5.41) is 8.82. The van der Waals surface area contributed by atoms with Crippen LogP contribution in [0, 0.1) is 5.92 Å².